The summed E-state index contributed by atoms with van der Waals surface area (Å²) in [4.78, 5) is 24.7. The van der Waals surface area contributed by atoms with Crippen LogP contribution in [0.15, 0.2) is 18.2 Å². The maximum atomic E-state index is 11.9. The van der Waals surface area contributed by atoms with Crippen molar-refractivity contribution in [3.63, 3.8) is 0 Å². The minimum absolute atomic E-state index is 0.269. The minimum Gasteiger partial charge on any atom is -0.337 e. The van der Waals surface area contributed by atoms with Gasteiger partial charge in [0.2, 0.25) is 0 Å². The molecule has 0 unspecified atom stereocenters. The maximum absolute atomic E-state index is 11.9. The van der Waals surface area contributed by atoms with Crippen molar-refractivity contribution in [3.8, 4) is 0 Å². The fourth-order valence-electron chi connectivity index (χ4n) is 1.83. The van der Waals surface area contributed by atoms with Gasteiger partial charge in [-0.15, -0.1) is 0 Å². The number of amides is 2. The quantitative estimate of drug-likeness (QED) is 0.859. The van der Waals surface area contributed by atoms with Gasteiger partial charge in [-0.3, -0.25) is 14.5 Å². The van der Waals surface area contributed by atoms with Gasteiger partial charge in [0.05, 0.1) is 22.9 Å². The van der Waals surface area contributed by atoms with Gasteiger partial charge in [0, 0.05) is 12.7 Å². The van der Waals surface area contributed by atoms with Gasteiger partial charge >= 0.3 is 0 Å². The summed E-state index contributed by atoms with van der Waals surface area (Å²) >= 11 is 6.82. The Bertz CT molecular complexity index is 700. The predicted octanol–water partition coefficient (Wildman–Crippen LogP) is 2.16. The van der Waals surface area contributed by atoms with Gasteiger partial charge in [0.15, 0.2) is 11.0 Å². The van der Waals surface area contributed by atoms with Crippen LogP contribution in [-0.2, 0) is 0 Å². The first kappa shape index (κ1) is 12.1. The van der Waals surface area contributed by atoms with Gasteiger partial charge in [-0.2, -0.15) is 8.75 Å². The van der Waals surface area contributed by atoms with E-state index in [2.05, 4.69) is 14.1 Å². The Hall–Kier alpha value is -1.99. The molecule has 0 radical (unpaired) electrons. The summed E-state index contributed by atoms with van der Waals surface area (Å²) < 4.78 is 7.81. The van der Waals surface area contributed by atoms with Crippen LogP contribution < -0.4 is 5.32 Å². The fraction of sp³-hybridized carbons (Fsp3) is 0.0909. The summed E-state index contributed by atoms with van der Waals surface area (Å²) in [6.45, 7) is 0. The summed E-state index contributed by atoms with van der Waals surface area (Å²) in [6, 6.07) is 4.91. The van der Waals surface area contributed by atoms with Crippen LogP contribution >= 0.6 is 23.3 Å². The Morgan fingerprint density at radius 2 is 1.95 bits per heavy atom. The number of carbonyl (C=O) groups excluding carboxylic acids is 2. The van der Waals surface area contributed by atoms with Crippen LogP contribution in [0.3, 0.4) is 0 Å². The highest BCUT2D eigenvalue weighted by atomic mass is 35.5. The average molecular weight is 295 g/mol. The summed E-state index contributed by atoms with van der Waals surface area (Å²) in [5.74, 6) is -0.178. The number of anilines is 2. The molecule has 0 fully saturated rings. The van der Waals surface area contributed by atoms with E-state index < -0.39 is 0 Å². The van der Waals surface area contributed by atoms with E-state index in [1.807, 2.05) is 0 Å². The zero-order chi connectivity index (χ0) is 13.6. The zero-order valence-electron chi connectivity index (χ0n) is 9.68. The molecule has 3 rings (SSSR count). The first-order chi connectivity index (χ1) is 9.08. The van der Waals surface area contributed by atoms with Crippen molar-refractivity contribution in [3.05, 3.63) is 34.5 Å². The summed E-state index contributed by atoms with van der Waals surface area (Å²) in [6.07, 6.45) is 0. The van der Waals surface area contributed by atoms with Crippen molar-refractivity contribution in [2.75, 3.05) is 12.4 Å². The molecule has 19 heavy (non-hydrogen) atoms. The second-order valence-electron chi connectivity index (χ2n) is 3.96. The lowest BCUT2D eigenvalue weighted by Gasteiger charge is -2.04. The molecule has 0 bridgehead atoms. The van der Waals surface area contributed by atoms with Crippen LogP contribution in [-0.4, -0.2) is 32.5 Å². The summed E-state index contributed by atoms with van der Waals surface area (Å²) in [5.41, 5.74) is 1.40. The van der Waals surface area contributed by atoms with Crippen molar-refractivity contribution in [2.24, 2.45) is 0 Å². The second-order valence-corrected chi connectivity index (χ2v) is 4.84. The summed E-state index contributed by atoms with van der Waals surface area (Å²) in [7, 11) is 1.46. The molecule has 1 aromatic carbocycles. The Kier molecular flexibility index (Phi) is 2.72. The molecule has 0 saturated carbocycles. The average Bonchev–Trinajstić information content (AvgIpc) is 2.89. The van der Waals surface area contributed by atoms with Gasteiger partial charge in [-0.25, -0.2) is 0 Å². The maximum Gasteiger partial charge on any atom is 0.261 e. The normalized spacial score (nSPS) is 13.9. The van der Waals surface area contributed by atoms with Gasteiger partial charge in [0.25, 0.3) is 11.8 Å². The van der Waals surface area contributed by atoms with Crippen LogP contribution in [0.1, 0.15) is 20.7 Å². The molecular formula is C11H7ClN4O2S. The van der Waals surface area contributed by atoms with Gasteiger partial charge in [-0.1, -0.05) is 11.6 Å². The molecule has 96 valence electrons. The van der Waals surface area contributed by atoms with Crippen LogP contribution in [0, 0.1) is 0 Å². The molecule has 1 aliphatic heterocycles. The number of halogens is 1. The van der Waals surface area contributed by atoms with Crippen molar-refractivity contribution in [1.82, 2.24) is 13.6 Å². The molecule has 1 N–H and O–H groups in total. The number of imide groups is 1. The third-order valence-corrected chi connectivity index (χ3v) is 3.69. The van der Waals surface area contributed by atoms with Gasteiger partial charge in [-0.05, 0) is 18.2 Å². The molecule has 6 nitrogen and oxygen atoms in total. The van der Waals surface area contributed by atoms with Crippen molar-refractivity contribution < 1.29 is 9.59 Å². The number of nitrogens with one attached hydrogen (secondary N) is 1. The minimum atomic E-state index is -0.314. The molecule has 2 heterocycles. The Morgan fingerprint density at radius 1 is 1.21 bits per heavy atom. The first-order valence-electron chi connectivity index (χ1n) is 5.29. The van der Waals surface area contributed by atoms with Crippen LogP contribution in [0.2, 0.25) is 5.15 Å². The van der Waals surface area contributed by atoms with Gasteiger partial charge < -0.3 is 5.32 Å². The molecule has 1 aliphatic rings. The van der Waals surface area contributed by atoms with E-state index in [1.165, 1.54) is 7.05 Å². The van der Waals surface area contributed by atoms with E-state index in [4.69, 9.17) is 11.6 Å². The Balaban J connectivity index is 1.97. The largest absolute Gasteiger partial charge is 0.337 e. The van der Waals surface area contributed by atoms with Gasteiger partial charge in [0.1, 0.15) is 0 Å². The van der Waals surface area contributed by atoms with E-state index in [-0.39, 0.29) is 17.0 Å². The molecule has 0 saturated heterocycles. The highest BCUT2D eigenvalue weighted by Gasteiger charge is 2.32. The highest BCUT2D eigenvalue weighted by Crippen LogP contribution is 2.28. The third-order valence-electron chi connectivity index (χ3n) is 2.80. The third kappa shape index (κ3) is 1.87. The standard InChI is InChI=1S/C11H7ClN4O2S/c1-16-10(17)6-3-2-5(4-7(6)11(16)18)13-9-8(12)14-19-15-9/h2-4H,1H3,(H,13,15). The smallest absolute Gasteiger partial charge is 0.261 e. The number of benzene rings is 1. The first-order valence-corrected chi connectivity index (χ1v) is 6.40. The monoisotopic (exact) mass is 294 g/mol. The number of carbonyl (C=O) groups is 2. The zero-order valence-corrected chi connectivity index (χ0v) is 11.2. The molecule has 8 heteroatoms. The van der Waals surface area contributed by atoms with E-state index >= 15 is 0 Å². The molecule has 0 atom stereocenters. The lowest BCUT2D eigenvalue weighted by Crippen LogP contribution is -2.24. The van der Waals surface area contributed by atoms with Crippen LogP contribution in [0.25, 0.3) is 0 Å². The Labute approximate surface area is 117 Å². The molecule has 2 aromatic rings. The number of hydrogen-bond donors (Lipinski definition) is 1. The van der Waals surface area contributed by atoms with Crippen molar-refractivity contribution in [1.29, 1.82) is 0 Å². The fourth-order valence-corrected chi connectivity index (χ4v) is 2.47. The van der Waals surface area contributed by atoms with E-state index in [0.717, 1.165) is 16.6 Å². The number of rotatable bonds is 2. The van der Waals surface area contributed by atoms with Crippen molar-refractivity contribution >= 4 is 46.6 Å². The molecule has 2 amide bonds. The number of hydrogen-bond acceptors (Lipinski definition) is 6. The SMILES string of the molecule is CN1C(=O)c2ccc(Nc3nsnc3Cl)cc2C1=O. The van der Waals surface area contributed by atoms with Crippen molar-refractivity contribution in [2.45, 2.75) is 0 Å². The molecular weight excluding hydrogens is 288 g/mol. The second kappa shape index (κ2) is 4.29. The topological polar surface area (TPSA) is 75.2 Å². The van der Waals surface area contributed by atoms with E-state index in [1.54, 1.807) is 18.2 Å². The number of nitrogens with zero attached hydrogens (tertiary/aromatic N) is 3. The van der Waals surface area contributed by atoms with Crippen LogP contribution in [0.4, 0.5) is 11.5 Å². The van der Waals surface area contributed by atoms with E-state index in [0.29, 0.717) is 22.6 Å². The number of fused-ring (bicyclic) bond motifs is 1. The molecule has 0 aliphatic carbocycles. The summed E-state index contributed by atoms with van der Waals surface area (Å²) in [5, 5.41) is 3.22. The molecule has 1 aromatic heterocycles. The highest BCUT2D eigenvalue weighted by molar-refractivity contribution is 6.99. The lowest BCUT2D eigenvalue weighted by molar-refractivity contribution is 0.0693. The van der Waals surface area contributed by atoms with Crippen LogP contribution in [0.5, 0.6) is 0 Å². The Morgan fingerprint density at radius 3 is 2.63 bits per heavy atom. The predicted molar refractivity (Wildman–Crippen MR) is 71.1 cm³/mol. The lowest BCUT2D eigenvalue weighted by atomic mass is 10.1. The number of aromatic nitrogens is 2. The molecule has 0 spiro atoms. The van der Waals surface area contributed by atoms with E-state index in [9.17, 15) is 9.59 Å².